The fraction of sp³-hybridized carbons (Fsp3) is 0.500. The number of benzene rings is 1. The average molecular weight is 244 g/mol. The van der Waals surface area contributed by atoms with E-state index in [9.17, 15) is 0 Å². The Balaban J connectivity index is 0.00000128. The van der Waals surface area contributed by atoms with Gasteiger partial charge in [0.15, 0.2) is 0 Å². The molecule has 90 valence electrons. The lowest BCUT2D eigenvalue weighted by Crippen LogP contribution is -2.10. The van der Waals surface area contributed by atoms with Crippen LogP contribution >= 0.6 is 12.4 Å². The van der Waals surface area contributed by atoms with E-state index in [0.717, 1.165) is 24.3 Å². The molecule has 3 nitrogen and oxygen atoms in total. The van der Waals surface area contributed by atoms with Crippen molar-refractivity contribution in [3.63, 3.8) is 0 Å². The van der Waals surface area contributed by atoms with E-state index < -0.39 is 0 Å². The van der Waals surface area contributed by atoms with Crippen LogP contribution in [0.3, 0.4) is 0 Å². The van der Waals surface area contributed by atoms with Gasteiger partial charge in [0.05, 0.1) is 14.2 Å². The minimum atomic E-state index is 0. The molecule has 16 heavy (non-hydrogen) atoms. The summed E-state index contributed by atoms with van der Waals surface area (Å²) in [6.07, 6.45) is 2.14. The molecule has 1 aromatic carbocycles. The Labute approximate surface area is 102 Å². The van der Waals surface area contributed by atoms with Crippen LogP contribution in [0.4, 0.5) is 0 Å². The lowest BCUT2D eigenvalue weighted by Gasteiger charge is -2.15. The number of halogens is 1. The molecule has 0 saturated carbocycles. The Morgan fingerprint density at radius 2 is 1.88 bits per heavy atom. The molecule has 1 aliphatic carbocycles. The standard InChI is InChI=1S/C12H17NO2.ClH/c1-14-10-5-6-11(15-2)12-8(7-13)3-4-9(10)12;/h5-6,8H,3-4,7,13H2,1-2H3;1H. The molecule has 0 spiro atoms. The summed E-state index contributed by atoms with van der Waals surface area (Å²) in [6.45, 7) is 0.677. The maximum absolute atomic E-state index is 5.77. The zero-order valence-corrected chi connectivity index (χ0v) is 10.5. The van der Waals surface area contributed by atoms with Crippen molar-refractivity contribution in [1.29, 1.82) is 0 Å². The highest BCUT2D eigenvalue weighted by molar-refractivity contribution is 5.85. The Hall–Kier alpha value is -0.930. The third-order valence-corrected chi connectivity index (χ3v) is 3.15. The molecule has 0 amide bonds. The maximum Gasteiger partial charge on any atom is 0.122 e. The SMILES string of the molecule is COc1ccc(OC)c2c1CCC2CN.Cl. The number of hydrogen-bond acceptors (Lipinski definition) is 3. The molecule has 0 aromatic heterocycles. The second-order valence-corrected chi connectivity index (χ2v) is 3.83. The van der Waals surface area contributed by atoms with Crippen LogP contribution in [0.1, 0.15) is 23.5 Å². The van der Waals surface area contributed by atoms with Crippen molar-refractivity contribution in [2.45, 2.75) is 18.8 Å². The summed E-state index contributed by atoms with van der Waals surface area (Å²) < 4.78 is 10.7. The van der Waals surface area contributed by atoms with Gasteiger partial charge in [-0.05, 0) is 31.5 Å². The highest BCUT2D eigenvalue weighted by Gasteiger charge is 2.27. The van der Waals surface area contributed by atoms with Gasteiger partial charge in [-0.2, -0.15) is 0 Å². The Bertz CT molecular complexity index is 368. The summed E-state index contributed by atoms with van der Waals surface area (Å²) in [6, 6.07) is 3.93. The van der Waals surface area contributed by atoms with E-state index in [-0.39, 0.29) is 12.4 Å². The topological polar surface area (TPSA) is 44.5 Å². The third kappa shape index (κ3) is 1.97. The minimum Gasteiger partial charge on any atom is -0.496 e. The van der Waals surface area contributed by atoms with Gasteiger partial charge in [-0.15, -0.1) is 12.4 Å². The molecule has 1 aliphatic rings. The second-order valence-electron chi connectivity index (χ2n) is 3.83. The van der Waals surface area contributed by atoms with Crippen LogP contribution in [0.15, 0.2) is 12.1 Å². The summed E-state index contributed by atoms with van der Waals surface area (Å²) in [4.78, 5) is 0. The van der Waals surface area contributed by atoms with Crippen molar-refractivity contribution in [3.8, 4) is 11.5 Å². The van der Waals surface area contributed by atoms with Gasteiger partial charge >= 0.3 is 0 Å². The normalized spacial score (nSPS) is 17.6. The van der Waals surface area contributed by atoms with Gasteiger partial charge in [0.2, 0.25) is 0 Å². The van der Waals surface area contributed by atoms with Gasteiger partial charge in [-0.25, -0.2) is 0 Å². The molecule has 0 saturated heterocycles. The maximum atomic E-state index is 5.77. The van der Waals surface area contributed by atoms with Gasteiger partial charge < -0.3 is 15.2 Å². The van der Waals surface area contributed by atoms with E-state index in [2.05, 4.69) is 0 Å². The molecule has 0 heterocycles. The Kier molecular flexibility index (Phi) is 4.44. The molecule has 0 radical (unpaired) electrons. The first-order chi connectivity index (χ1) is 7.31. The van der Waals surface area contributed by atoms with Gasteiger partial charge in [0.1, 0.15) is 11.5 Å². The largest absolute Gasteiger partial charge is 0.496 e. The van der Waals surface area contributed by atoms with Crippen LogP contribution in [0.2, 0.25) is 0 Å². The van der Waals surface area contributed by atoms with Crippen molar-refractivity contribution in [2.75, 3.05) is 20.8 Å². The third-order valence-electron chi connectivity index (χ3n) is 3.15. The van der Waals surface area contributed by atoms with E-state index >= 15 is 0 Å². The molecule has 1 aromatic rings. The average Bonchev–Trinajstić information content (AvgIpc) is 2.71. The van der Waals surface area contributed by atoms with Crippen molar-refractivity contribution < 1.29 is 9.47 Å². The summed E-state index contributed by atoms with van der Waals surface area (Å²) >= 11 is 0. The molecule has 1 atom stereocenters. The minimum absolute atomic E-state index is 0. The molecule has 0 aliphatic heterocycles. The zero-order chi connectivity index (χ0) is 10.8. The van der Waals surface area contributed by atoms with E-state index in [1.165, 1.54) is 11.1 Å². The fourth-order valence-corrected chi connectivity index (χ4v) is 2.40. The highest BCUT2D eigenvalue weighted by atomic mass is 35.5. The predicted octanol–water partition coefficient (Wildman–Crippen LogP) is 2.11. The molecule has 2 N–H and O–H groups in total. The predicted molar refractivity (Wildman–Crippen MR) is 66.9 cm³/mol. The number of hydrogen-bond donors (Lipinski definition) is 1. The molecule has 0 fully saturated rings. The van der Waals surface area contributed by atoms with Gasteiger partial charge in [0.25, 0.3) is 0 Å². The van der Waals surface area contributed by atoms with Crippen LogP contribution in [0, 0.1) is 0 Å². The number of nitrogens with two attached hydrogens (primary N) is 1. The van der Waals surface area contributed by atoms with Crippen molar-refractivity contribution in [3.05, 3.63) is 23.3 Å². The fourth-order valence-electron chi connectivity index (χ4n) is 2.40. The first-order valence-corrected chi connectivity index (χ1v) is 5.25. The van der Waals surface area contributed by atoms with Gasteiger partial charge in [-0.3, -0.25) is 0 Å². The lowest BCUT2D eigenvalue weighted by atomic mass is 10.00. The van der Waals surface area contributed by atoms with E-state index in [4.69, 9.17) is 15.2 Å². The van der Waals surface area contributed by atoms with Crippen LogP contribution in [0.25, 0.3) is 0 Å². The quantitative estimate of drug-likeness (QED) is 0.885. The second kappa shape index (κ2) is 5.41. The van der Waals surface area contributed by atoms with Crippen molar-refractivity contribution in [2.24, 2.45) is 5.73 Å². The van der Waals surface area contributed by atoms with Crippen LogP contribution in [-0.2, 0) is 6.42 Å². The summed E-state index contributed by atoms with van der Waals surface area (Å²) in [7, 11) is 3.41. The molecule has 4 heteroatoms. The Morgan fingerprint density at radius 1 is 1.25 bits per heavy atom. The van der Waals surface area contributed by atoms with E-state index in [1.54, 1.807) is 14.2 Å². The molecule has 1 unspecified atom stereocenters. The van der Waals surface area contributed by atoms with Crippen LogP contribution in [-0.4, -0.2) is 20.8 Å². The van der Waals surface area contributed by atoms with Gasteiger partial charge in [0, 0.05) is 17.0 Å². The van der Waals surface area contributed by atoms with Crippen molar-refractivity contribution in [1.82, 2.24) is 0 Å². The zero-order valence-electron chi connectivity index (χ0n) is 9.66. The molecule has 0 bridgehead atoms. The number of rotatable bonds is 3. The summed E-state index contributed by atoms with van der Waals surface area (Å²) in [5, 5.41) is 0. The Morgan fingerprint density at radius 3 is 2.44 bits per heavy atom. The first-order valence-electron chi connectivity index (χ1n) is 5.25. The molecular formula is C12H18ClNO2. The smallest absolute Gasteiger partial charge is 0.122 e. The van der Waals surface area contributed by atoms with Crippen LogP contribution in [0.5, 0.6) is 11.5 Å². The van der Waals surface area contributed by atoms with Crippen LogP contribution < -0.4 is 15.2 Å². The lowest BCUT2D eigenvalue weighted by molar-refractivity contribution is 0.396. The van der Waals surface area contributed by atoms with E-state index in [0.29, 0.717) is 12.5 Å². The van der Waals surface area contributed by atoms with E-state index in [1.807, 2.05) is 12.1 Å². The summed E-state index contributed by atoms with van der Waals surface area (Å²) in [5.41, 5.74) is 8.29. The van der Waals surface area contributed by atoms with Crippen molar-refractivity contribution >= 4 is 12.4 Å². The first kappa shape index (κ1) is 13.1. The highest BCUT2D eigenvalue weighted by Crippen LogP contribution is 2.43. The monoisotopic (exact) mass is 243 g/mol. The molecular weight excluding hydrogens is 226 g/mol. The number of fused-ring (bicyclic) bond motifs is 1. The number of methoxy groups -OCH3 is 2. The van der Waals surface area contributed by atoms with Gasteiger partial charge in [-0.1, -0.05) is 0 Å². The number of ether oxygens (including phenoxy) is 2. The molecule has 2 rings (SSSR count). The summed E-state index contributed by atoms with van der Waals surface area (Å²) in [5.74, 6) is 2.32.